The fraction of sp³-hybridized carbons (Fsp3) is 0.531. The number of halogens is 2. The Kier molecular flexibility index (Phi) is 17.7. The van der Waals surface area contributed by atoms with Gasteiger partial charge in [-0.15, -0.1) is 0 Å². The summed E-state index contributed by atoms with van der Waals surface area (Å²) >= 11 is 0. The quantitative estimate of drug-likeness (QED) is 0.492. The number of carbonyl (C=O) groups excluding carboxylic acids is 3. The van der Waals surface area contributed by atoms with E-state index < -0.39 is 11.9 Å². The van der Waals surface area contributed by atoms with Gasteiger partial charge in [-0.1, -0.05) is 57.9 Å². The number of ether oxygens (including phenoxy) is 1. The fourth-order valence-electron chi connectivity index (χ4n) is 4.27. The van der Waals surface area contributed by atoms with Crippen LogP contribution in [0, 0.1) is 24.5 Å². The number of hydrogen-bond acceptors (Lipinski definition) is 5. The predicted octanol–water partition coefficient (Wildman–Crippen LogP) is 4.40. The molecule has 0 saturated heterocycles. The molecule has 234 valence electrons. The first kappa shape index (κ1) is 36.5. The monoisotopic (exact) mass is 590 g/mol. The fourth-order valence-corrected chi connectivity index (χ4v) is 4.27. The van der Waals surface area contributed by atoms with Crippen LogP contribution in [0.25, 0.3) is 0 Å². The Morgan fingerprint density at radius 3 is 2.29 bits per heavy atom. The summed E-state index contributed by atoms with van der Waals surface area (Å²) in [6, 6.07) is 10.3. The highest BCUT2D eigenvalue weighted by atomic mass is 19.1. The zero-order valence-electron chi connectivity index (χ0n) is 25.9. The van der Waals surface area contributed by atoms with Gasteiger partial charge in [0.25, 0.3) is 0 Å². The third kappa shape index (κ3) is 13.9. The topological polar surface area (TPSA) is 99.8 Å². The molecule has 42 heavy (non-hydrogen) atoms. The standard InChI is InChI=1S/C23H35FN4O4.C7H7F.C2H6/c1-4-6-16(2)22-23(31)28(3)15-21(30)27-14-20(29)25-10-5-7-17-8-9-18(24)13-19(17)32-12-11-26-22;1-6-2-4-7(8)5-3-6;1-2/h8-9,13,16,22,26H,4-7,10-12,14-15H2,1-3H3,(H,25,29)(H,27,30);2-5H,1H3;1-2H3. The Morgan fingerprint density at radius 2 is 1.64 bits per heavy atom. The first-order valence-corrected chi connectivity index (χ1v) is 14.8. The summed E-state index contributed by atoms with van der Waals surface area (Å²) in [5.74, 6) is -0.923. The number of amides is 3. The number of hydrogen-bond donors (Lipinski definition) is 3. The van der Waals surface area contributed by atoms with E-state index in [0.29, 0.717) is 31.7 Å². The Labute approximate surface area is 249 Å². The van der Waals surface area contributed by atoms with Crippen molar-refractivity contribution in [2.24, 2.45) is 5.92 Å². The number of nitrogens with zero attached hydrogens (tertiary/aromatic N) is 1. The van der Waals surface area contributed by atoms with Crippen molar-refractivity contribution in [2.75, 3.05) is 39.8 Å². The summed E-state index contributed by atoms with van der Waals surface area (Å²) < 4.78 is 31.7. The zero-order chi connectivity index (χ0) is 31.5. The summed E-state index contributed by atoms with van der Waals surface area (Å²) in [4.78, 5) is 38.6. The van der Waals surface area contributed by atoms with Crippen LogP contribution in [0.3, 0.4) is 0 Å². The molecule has 2 aromatic carbocycles. The molecule has 2 unspecified atom stereocenters. The minimum atomic E-state index is -0.481. The first-order chi connectivity index (χ1) is 20.1. The van der Waals surface area contributed by atoms with Gasteiger partial charge in [-0.3, -0.25) is 14.4 Å². The predicted molar refractivity (Wildman–Crippen MR) is 162 cm³/mol. The lowest BCUT2D eigenvalue weighted by atomic mass is 9.95. The zero-order valence-corrected chi connectivity index (χ0v) is 25.9. The summed E-state index contributed by atoms with van der Waals surface area (Å²) in [6.07, 6.45) is 3.02. The molecule has 0 fully saturated rings. The molecular formula is C32H48F2N4O4. The Morgan fingerprint density at radius 1 is 0.976 bits per heavy atom. The van der Waals surface area contributed by atoms with Gasteiger partial charge >= 0.3 is 0 Å². The van der Waals surface area contributed by atoms with Crippen LogP contribution >= 0.6 is 0 Å². The van der Waals surface area contributed by atoms with Crippen LogP contribution in [0.5, 0.6) is 5.75 Å². The van der Waals surface area contributed by atoms with Gasteiger partial charge in [-0.25, -0.2) is 8.78 Å². The van der Waals surface area contributed by atoms with Crippen LogP contribution in [0.1, 0.15) is 58.1 Å². The van der Waals surface area contributed by atoms with Crippen LogP contribution in [0.2, 0.25) is 0 Å². The number of carbonyl (C=O) groups is 3. The molecule has 8 nitrogen and oxygen atoms in total. The number of fused-ring (bicyclic) bond motifs is 1. The molecule has 1 heterocycles. The lowest BCUT2D eigenvalue weighted by Gasteiger charge is -2.28. The van der Waals surface area contributed by atoms with E-state index in [1.807, 2.05) is 27.7 Å². The van der Waals surface area contributed by atoms with Crippen molar-refractivity contribution in [3.8, 4) is 5.75 Å². The molecule has 0 aliphatic carbocycles. The van der Waals surface area contributed by atoms with Crippen molar-refractivity contribution in [3.05, 3.63) is 65.2 Å². The van der Waals surface area contributed by atoms with E-state index in [9.17, 15) is 23.2 Å². The van der Waals surface area contributed by atoms with Crippen molar-refractivity contribution in [3.63, 3.8) is 0 Å². The highest BCUT2D eigenvalue weighted by Crippen LogP contribution is 2.21. The van der Waals surface area contributed by atoms with Gasteiger partial charge in [0.15, 0.2) is 0 Å². The second kappa shape index (κ2) is 20.4. The first-order valence-electron chi connectivity index (χ1n) is 14.8. The summed E-state index contributed by atoms with van der Waals surface area (Å²) in [6.45, 7) is 10.8. The van der Waals surface area contributed by atoms with Crippen LogP contribution in [0.4, 0.5) is 8.78 Å². The van der Waals surface area contributed by atoms with Crippen molar-refractivity contribution in [2.45, 2.75) is 66.3 Å². The van der Waals surface area contributed by atoms with Crippen LogP contribution in [0.15, 0.2) is 42.5 Å². The minimum absolute atomic E-state index is 0.0547. The largest absolute Gasteiger partial charge is 0.492 e. The summed E-state index contributed by atoms with van der Waals surface area (Å²) in [5.41, 5.74) is 1.94. The molecule has 10 heteroatoms. The molecule has 1 aliphatic heterocycles. The van der Waals surface area contributed by atoms with E-state index in [4.69, 9.17) is 4.74 Å². The SMILES string of the molecule is CC.CCCC(C)C1NCCOc2cc(F)ccc2CCCNC(=O)CNC(=O)CN(C)C1=O.Cc1ccc(F)cc1. The van der Waals surface area contributed by atoms with Gasteiger partial charge in [-0.05, 0) is 55.9 Å². The molecular weight excluding hydrogens is 542 g/mol. The maximum absolute atomic E-state index is 13.7. The molecule has 3 rings (SSSR count). The maximum Gasteiger partial charge on any atom is 0.240 e. The van der Waals surface area contributed by atoms with Gasteiger partial charge in [0, 0.05) is 26.2 Å². The Balaban J connectivity index is 0.000000748. The second-order valence-electron chi connectivity index (χ2n) is 10.0. The van der Waals surface area contributed by atoms with Gasteiger partial charge < -0.3 is 25.6 Å². The van der Waals surface area contributed by atoms with Crippen LogP contribution in [-0.4, -0.2) is 68.5 Å². The summed E-state index contributed by atoms with van der Waals surface area (Å²) in [7, 11) is 1.57. The third-order valence-electron chi connectivity index (χ3n) is 6.49. The molecule has 0 bridgehead atoms. The maximum atomic E-state index is 13.7. The van der Waals surface area contributed by atoms with Crippen LogP contribution < -0.4 is 20.7 Å². The van der Waals surface area contributed by atoms with Crippen molar-refractivity contribution < 1.29 is 27.9 Å². The highest BCUT2D eigenvalue weighted by molar-refractivity contribution is 5.89. The minimum Gasteiger partial charge on any atom is -0.492 e. The molecule has 0 spiro atoms. The van der Waals surface area contributed by atoms with E-state index in [1.54, 1.807) is 25.2 Å². The molecule has 2 atom stereocenters. The van der Waals surface area contributed by atoms with E-state index in [0.717, 1.165) is 24.0 Å². The second-order valence-corrected chi connectivity index (χ2v) is 10.0. The average Bonchev–Trinajstić information content (AvgIpc) is 2.97. The van der Waals surface area contributed by atoms with Gasteiger partial charge in [0.2, 0.25) is 17.7 Å². The van der Waals surface area contributed by atoms with Gasteiger partial charge in [0.1, 0.15) is 24.0 Å². The summed E-state index contributed by atoms with van der Waals surface area (Å²) in [5, 5.41) is 8.55. The van der Waals surface area contributed by atoms with Crippen molar-refractivity contribution in [1.29, 1.82) is 0 Å². The lowest BCUT2D eigenvalue weighted by molar-refractivity contribution is -0.137. The van der Waals surface area contributed by atoms with Crippen molar-refractivity contribution >= 4 is 17.7 Å². The number of rotatable bonds is 3. The molecule has 3 amide bonds. The van der Waals surface area contributed by atoms with Gasteiger partial charge in [-0.2, -0.15) is 0 Å². The number of nitrogens with one attached hydrogen (secondary N) is 3. The third-order valence-corrected chi connectivity index (χ3v) is 6.49. The lowest BCUT2D eigenvalue weighted by Crippen LogP contribution is -2.52. The van der Waals surface area contributed by atoms with Crippen LogP contribution in [-0.2, 0) is 20.8 Å². The molecule has 0 saturated carbocycles. The van der Waals surface area contributed by atoms with E-state index in [2.05, 4.69) is 22.9 Å². The number of likely N-dealkylation sites (N-methyl/N-ethyl adjacent to an activating group) is 1. The Hall–Kier alpha value is -3.53. The van der Waals surface area contributed by atoms with E-state index in [1.165, 1.54) is 29.2 Å². The molecule has 1 aliphatic rings. The normalized spacial score (nSPS) is 17.8. The molecule has 0 aromatic heterocycles. The molecule has 3 N–H and O–H groups in total. The highest BCUT2D eigenvalue weighted by Gasteiger charge is 2.28. The smallest absolute Gasteiger partial charge is 0.240 e. The number of aryl methyl sites for hydroxylation is 2. The molecule has 2 aromatic rings. The Bertz CT molecular complexity index is 1080. The average molecular weight is 591 g/mol. The van der Waals surface area contributed by atoms with E-state index >= 15 is 0 Å². The van der Waals surface area contributed by atoms with Gasteiger partial charge in [0.05, 0.1) is 19.1 Å². The van der Waals surface area contributed by atoms with E-state index in [-0.39, 0.29) is 49.1 Å². The van der Waals surface area contributed by atoms with Crippen molar-refractivity contribution in [1.82, 2.24) is 20.9 Å². The molecule has 0 radical (unpaired) electrons. The number of benzene rings is 2.